The highest BCUT2D eigenvalue weighted by molar-refractivity contribution is 5.97. The van der Waals surface area contributed by atoms with Crippen molar-refractivity contribution in [1.82, 2.24) is 15.1 Å². The molecule has 4 aromatic rings. The molecule has 0 aliphatic rings. The molecule has 6 nitrogen and oxygen atoms in total. The molecule has 0 spiro atoms. The molecule has 0 saturated heterocycles. The van der Waals surface area contributed by atoms with Gasteiger partial charge in [0.1, 0.15) is 5.75 Å². The Labute approximate surface area is 213 Å². The van der Waals surface area contributed by atoms with Crippen molar-refractivity contribution >= 4 is 16.7 Å². The Kier molecular flexibility index (Phi) is 8.06. The molecule has 0 amide bonds. The number of aromatic nitrogens is 2. The van der Waals surface area contributed by atoms with E-state index in [1.54, 1.807) is 7.11 Å². The molecule has 0 saturated carbocycles. The first-order valence-corrected chi connectivity index (χ1v) is 12.5. The van der Waals surface area contributed by atoms with Gasteiger partial charge in [-0.15, -0.1) is 0 Å². The van der Waals surface area contributed by atoms with Gasteiger partial charge in [-0.25, -0.2) is 0 Å². The summed E-state index contributed by atoms with van der Waals surface area (Å²) in [5, 5.41) is 10.6. The number of rotatable bonds is 10. The lowest BCUT2D eigenvalue weighted by Gasteiger charge is -2.22. The molecule has 1 heterocycles. The van der Waals surface area contributed by atoms with Crippen molar-refractivity contribution in [3.8, 4) is 16.9 Å². The largest absolute Gasteiger partial charge is 0.497 e. The molecule has 0 fully saturated rings. The van der Waals surface area contributed by atoms with E-state index >= 15 is 0 Å². The molecule has 0 bridgehead atoms. The number of esters is 1. The smallest absolute Gasteiger partial charge is 0.307 e. The number of benzene rings is 3. The molecule has 1 unspecified atom stereocenters. The number of hydrogen-bond donors (Lipinski definition) is 1. The number of carbonyl (C=O) groups excluding carboxylic acids is 1. The molecule has 0 radical (unpaired) electrons. The summed E-state index contributed by atoms with van der Waals surface area (Å²) >= 11 is 0. The number of fused-ring (bicyclic) bond motifs is 1. The summed E-state index contributed by atoms with van der Waals surface area (Å²) in [5.41, 5.74) is 4.53. The zero-order valence-corrected chi connectivity index (χ0v) is 21.7. The summed E-state index contributed by atoms with van der Waals surface area (Å²) in [4.78, 5) is 11.9. The summed E-state index contributed by atoms with van der Waals surface area (Å²) in [5.74, 6) is 0.649. The minimum absolute atomic E-state index is 0.109. The van der Waals surface area contributed by atoms with E-state index in [0.717, 1.165) is 16.9 Å². The van der Waals surface area contributed by atoms with Crippen LogP contribution in [0.4, 0.5) is 0 Å². The number of carbonyl (C=O) groups is 1. The van der Waals surface area contributed by atoms with Crippen LogP contribution in [-0.4, -0.2) is 29.0 Å². The van der Waals surface area contributed by atoms with Crippen molar-refractivity contribution in [3.05, 3.63) is 84.2 Å². The zero-order valence-electron chi connectivity index (χ0n) is 21.7. The lowest BCUT2D eigenvalue weighted by atomic mass is 9.94. The molecular weight excluding hydrogens is 450 g/mol. The molecule has 188 valence electrons. The van der Waals surface area contributed by atoms with Crippen LogP contribution in [0.5, 0.6) is 5.75 Å². The normalized spacial score (nSPS) is 13.1. The van der Waals surface area contributed by atoms with E-state index in [-0.39, 0.29) is 24.2 Å². The van der Waals surface area contributed by atoms with Crippen LogP contribution < -0.4 is 10.1 Å². The van der Waals surface area contributed by atoms with Crippen LogP contribution in [0.3, 0.4) is 0 Å². The van der Waals surface area contributed by atoms with Gasteiger partial charge in [-0.05, 0) is 79.4 Å². The Morgan fingerprint density at radius 2 is 1.75 bits per heavy atom. The summed E-state index contributed by atoms with van der Waals surface area (Å²) in [6.45, 7) is 8.56. The Morgan fingerprint density at radius 1 is 0.972 bits per heavy atom. The number of hydrogen-bond acceptors (Lipinski definition) is 5. The van der Waals surface area contributed by atoms with E-state index in [4.69, 9.17) is 9.47 Å². The van der Waals surface area contributed by atoms with Gasteiger partial charge < -0.3 is 14.8 Å². The predicted octanol–water partition coefficient (Wildman–Crippen LogP) is 6.47. The van der Waals surface area contributed by atoms with Crippen LogP contribution in [0.1, 0.15) is 57.3 Å². The average Bonchev–Trinajstić information content (AvgIpc) is 3.35. The van der Waals surface area contributed by atoms with Crippen molar-refractivity contribution in [3.63, 3.8) is 0 Å². The van der Waals surface area contributed by atoms with Crippen LogP contribution in [0, 0.1) is 0 Å². The first-order valence-electron chi connectivity index (χ1n) is 12.5. The fourth-order valence-corrected chi connectivity index (χ4v) is 4.45. The lowest BCUT2D eigenvalue weighted by Crippen LogP contribution is -2.22. The van der Waals surface area contributed by atoms with Crippen molar-refractivity contribution in [2.24, 2.45) is 0 Å². The van der Waals surface area contributed by atoms with Gasteiger partial charge in [-0.2, -0.15) is 5.10 Å². The molecule has 0 aliphatic heterocycles. The van der Waals surface area contributed by atoms with Crippen LogP contribution in [0.15, 0.2) is 73.1 Å². The molecule has 1 N–H and O–H groups in total. The second kappa shape index (κ2) is 11.4. The second-order valence-electron chi connectivity index (χ2n) is 9.46. The Bertz CT molecular complexity index is 1330. The van der Waals surface area contributed by atoms with E-state index in [2.05, 4.69) is 72.8 Å². The number of methoxy groups -OCH3 is 1. The number of nitrogens with zero attached hydrogens (tertiary/aromatic N) is 2. The monoisotopic (exact) mass is 485 g/mol. The van der Waals surface area contributed by atoms with Gasteiger partial charge in [-0.1, -0.05) is 36.4 Å². The van der Waals surface area contributed by atoms with Crippen LogP contribution in [-0.2, 0) is 16.1 Å². The molecule has 6 heteroatoms. The highest BCUT2D eigenvalue weighted by Gasteiger charge is 2.16. The van der Waals surface area contributed by atoms with Crippen molar-refractivity contribution < 1.29 is 14.3 Å². The first-order chi connectivity index (χ1) is 17.3. The molecule has 3 aromatic carbocycles. The van der Waals surface area contributed by atoms with E-state index in [1.165, 1.54) is 21.9 Å². The molecule has 4 rings (SSSR count). The van der Waals surface area contributed by atoms with Crippen molar-refractivity contribution in [1.29, 1.82) is 0 Å². The summed E-state index contributed by atoms with van der Waals surface area (Å²) in [7, 11) is 1.69. The molecular formula is C30H35N3O3. The third-order valence-corrected chi connectivity index (χ3v) is 6.33. The highest BCUT2D eigenvalue weighted by atomic mass is 16.5. The Hall–Kier alpha value is -3.64. The maximum absolute atomic E-state index is 11.9. The lowest BCUT2D eigenvalue weighted by molar-refractivity contribution is -0.147. The van der Waals surface area contributed by atoms with Crippen molar-refractivity contribution in [2.45, 2.75) is 58.8 Å². The van der Waals surface area contributed by atoms with Crippen LogP contribution in [0.2, 0.25) is 0 Å². The van der Waals surface area contributed by atoms with Gasteiger partial charge in [0.05, 0.1) is 32.4 Å². The molecule has 36 heavy (non-hydrogen) atoms. The van der Waals surface area contributed by atoms with Crippen LogP contribution >= 0.6 is 0 Å². The first kappa shape index (κ1) is 25.5. The van der Waals surface area contributed by atoms with E-state index in [1.807, 2.05) is 43.1 Å². The van der Waals surface area contributed by atoms with Gasteiger partial charge in [0.25, 0.3) is 0 Å². The standard InChI is InChI=1S/C30H35N3O3/c1-20(2)36-30(34)13-14-33-19-26(18-31-33)29-17-25(15-24-9-6-7-12-28(24)29)22(4)32-21(3)23-10-8-11-27(16-23)35-5/h6-12,15-22,32H,13-14H2,1-5H3/t21-,22?/m1/s1. The summed E-state index contributed by atoms with van der Waals surface area (Å²) in [6.07, 6.45) is 4.06. The third kappa shape index (κ3) is 6.13. The number of nitrogens with one attached hydrogen (secondary N) is 1. The van der Waals surface area contributed by atoms with E-state index in [9.17, 15) is 4.79 Å². The van der Waals surface area contributed by atoms with Crippen LogP contribution in [0.25, 0.3) is 21.9 Å². The van der Waals surface area contributed by atoms with Crippen molar-refractivity contribution in [2.75, 3.05) is 7.11 Å². The second-order valence-corrected chi connectivity index (χ2v) is 9.46. The fraction of sp³-hybridized carbons (Fsp3) is 0.333. The minimum atomic E-state index is -0.209. The summed E-state index contributed by atoms with van der Waals surface area (Å²) in [6, 6.07) is 21.3. The molecule has 2 atom stereocenters. The number of aryl methyl sites for hydroxylation is 1. The van der Waals surface area contributed by atoms with Gasteiger partial charge in [0.15, 0.2) is 0 Å². The van der Waals surface area contributed by atoms with Gasteiger partial charge >= 0.3 is 5.97 Å². The maximum atomic E-state index is 11.9. The number of ether oxygens (including phenoxy) is 2. The summed E-state index contributed by atoms with van der Waals surface area (Å²) < 4.78 is 12.5. The third-order valence-electron chi connectivity index (χ3n) is 6.33. The zero-order chi connectivity index (χ0) is 25.7. The Morgan fingerprint density at radius 3 is 2.53 bits per heavy atom. The Balaban J connectivity index is 1.58. The predicted molar refractivity (Wildman–Crippen MR) is 144 cm³/mol. The molecule has 0 aliphatic carbocycles. The highest BCUT2D eigenvalue weighted by Crippen LogP contribution is 2.33. The van der Waals surface area contributed by atoms with Gasteiger partial charge in [0, 0.05) is 23.8 Å². The average molecular weight is 486 g/mol. The molecule has 1 aromatic heterocycles. The quantitative estimate of drug-likeness (QED) is 0.261. The fourth-order valence-electron chi connectivity index (χ4n) is 4.45. The van der Waals surface area contributed by atoms with E-state index < -0.39 is 0 Å². The maximum Gasteiger partial charge on any atom is 0.307 e. The van der Waals surface area contributed by atoms with Gasteiger partial charge in [-0.3, -0.25) is 9.48 Å². The minimum Gasteiger partial charge on any atom is -0.497 e. The topological polar surface area (TPSA) is 65.4 Å². The van der Waals surface area contributed by atoms with Gasteiger partial charge in [0.2, 0.25) is 0 Å². The SMILES string of the molecule is COc1cccc([C@@H](C)NC(C)c2cc(-c3cnn(CCC(=O)OC(C)C)c3)c3ccccc3c2)c1. The van der Waals surface area contributed by atoms with E-state index in [0.29, 0.717) is 13.0 Å².